The second kappa shape index (κ2) is 7.63. The zero-order chi connectivity index (χ0) is 20.6. The van der Waals surface area contributed by atoms with E-state index in [1.54, 1.807) is 4.57 Å². The quantitative estimate of drug-likeness (QED) is 0.681. The van der Waals surface area contributed by atoms with Crippen molar-refractivity contribution in [1.82, 2.24) is 18.7 Å². The van der Waals surface area contributed by atoms with Crippen LogP contribution in [0.5, 0.6) is 0 Å². The number of aliphatic carboxylic acids is 1. The van der Waals surface area contributed by atoms with Crippen molar-refractivity contribution in [2.45, 2.75) is 45.8 Å². The summed E-state index contributed by atoms with van der Waals surface area (Å²) in [5.41, 5.74) is 6.29. The van der Waals surface area contributed by atoms with Crippen molar-refractivity contribution >= 4 is 23.1 Å². The van der Waals surface area contributed by atoms with Crippen LogP contribution in [0.3, 0.4) is 0 Å². The second-order valence-electron chi connectivity index (χ2n) is 7.45. The van der Waals surface area contributed by atoms with Crippen LogP contribution in [0.15, 0.2) is 21.2 Å². The number of nitrogens with two attached hydrogens (primary N) is 1. The molecule has 0 radical (unpaired) electrons. The molecule has 3 rings (SSSR count). The average molecular weight is 390 g/mol. The first-order valence-electron chi connectivity index (χ1n) is 9.26. The first-order chi connectivity index (χ1) is 13.2. The zero-order valence-corrected chi connectivity index (χ0v) is 16.4. The van der Waals surface area contributed by atoms with Gasteiger partial charge in [0.2, 0.25) is 5.95 Å². The third kappa shape index (κ3) is 3.59. The Balaban J connectivity index is 2.30. The number of nitrogens with zero attached hydrogens (tertiary/aromatic N) is 5. The Hall–Kier alpha value is -2.88. The van der Waals surface area contributed by atoms with Crippen LogP contribution < -0.4 is 21.9 Å². The van der Waals surface area contributed by atoms with Gasteiger partial charge < -0.3 is 20.3 Å². The number of piperidine rings is 1. The summed E-state index contributed by atoms with van der Waals surface area (Å²) in [5, 5.41) is 9.10. The van der Waals surface area contributed by atoms with E-state index in [-0.39, 0.29) is 17.2 Å². The van der Waals surface area contributed by atoms with Gasteiger partial charge in [0.15, 0.2) is 11.2 Å². The van der Waals surface area contributed by atoms with E-state index in [0.717, 1.165) is 29.5 Å². The first kappa shape index (κ1) is 19.9. The van der Waals surface area contributed by atoms with Crippen molar-refractivity contribution in [3.8, 4) is 0 Å². The van der Waals surface area contributed by atoms with E-state index in [9.17, 15) is 14.4 Å². The summed E-state index contributed by atoms with van der Waals surface area (Å²) >= 11 is 0. The number of anilines is 1. The number of aryl methyl sites for hydroxylation is 1. The van der Waals surface area contributed by atoms with Crippen LogP contribution in [0.1, 0.15) is 26.7 Å². The third-order valence-electron chi connectivity index (χ3n) is 4.93. The van der Waals surface area contributed by atoms with Gasteiger partial charge in [-0.05, 0) is 26.7 Å². The van der Waals surface area contributed by atoms with E-state index in [1.807, 2.05) is 24.8 Å². The fraction of sp³-hybridized carbons (Fsp3) is 0.556. The SMILES string of the molecule is CC(C)=CCn1c(N2CCCC(N)C2)nc2c1c(=O)n(CC(=O)O)c(=O)n2C. The number of hydrogen-bond donors (Lipinski definition) is 2. The number of aromatic nitrogens is 4. The van der Waals surface area contributed by atoms with Gasteiger partial charge in [-0.3, -0.25) is 14.2 Å². The van der Waals surface area contributed by atoms with Crippen molar-refractivity contribution in [3.05, 3.63) is 32.5 Å². The second-order valence-corrected chi connectivity index (χ2v) is 7.45. The molecule has 1 aliphatic rings. The van der Waals surface area contributed by atoms with Crippen molar-refractivity contribution in [2.75, 3.05) is 18.0 Å². The minimum absolute atomic E-state index is 0.0120. The van der Waals surface area contributed by atoms with E-state index < -0.39 is 23.8 Å². The van der Waals surface area contributed by atoms with Gasteiger partial charge in [0.05, 0.1) is 0 Å². The molecule has 10 nitrogen and oxygen atoms in total. The van der Waals surface area contributed by atoms with E-state index in [2.05, 4.69) is 4.98 Å². The fourth-order valence-corrected chi connectivity index (χ4v) is 3.51. The lowest BCUT2D eigenvalue weighted by Gasteiger charge is -2.31. The van der Waals surface area contributed by atoms with Gasteiger partial charge in [-0.15, -0.1) is 0 Å². The average Bonchev–Trinajstić information content (AvgIpc) is 3.01. The molecule has 2 aromatic heterocycles. The van der Waals surface area contributed by atoms with E-state index >= 15 is 0 Å². The van der Waals surface area contributed by atoms with Gasteiger partial charge in [0, 0.05) is 32.7 Å². The van der Waals surface area contributed by atoms with Crippen molar-refractivity contribution in [3.63, 3.8) is 0 Å². The molecule has 0 bridgehead atoms. The molecule has 1 aliphatic heterocycles. The Morgan fingerprint density at radius 1 is 1.32 bits per heavy atom. The summed E-state index contributed by atoms with van der Waals surface area (Å²) in [4.78, 5) is 43.3. The number of carbonyl (C=O) groups is 1. The maximum atomic E-state index is 13.0. The van der Waals surface area contributed by atoms with Crippen LogP contribution in [0.4, 0.5) is 5.95 Å². The first-order valence-corrected chi connectivity index (χ1v) is 9.26. The molecule has 1 fully saturated rings. The summed E-state index contributed by atoms with van der Waals surface area (Å²) in [5.74, 6) is -0.682. The molecule has 3 heterocycles. The Morgan fingerprint density at radius 3 is 2.64 bits per heavy atom. The maximum absolute atomic E-state index is 13.0. The van der Waals surface area contributed by atoms with E-state index in [1.165, 1.54) is 11.6 Å². The molecule has 0 spiro atoms. The highest BCUT2D eigenvalue weighted by Gasteiger charge is 2.26. The molecule has 152 valence electrons. The third-order valence-corrected chi connectivity index (χ3v) is 4.93. The normalized spacial score (nSPS) is 17.1. The molecule has 0 amide bonds. The lowest BCUT2D eigenvalue weighted by atomic mass is 10.1. The van der Waals surface area contributed by atoms with Crippen LogP contribution in [-0.2, 0) is 24.9 Å². The molecule has 0 aromatic carbocycles. The monoisotopic (exact) mass is 390 g/mol. The molecule has 10 heteroatoms. The van der Waals surface area contributed by atoms with Gasteiger partial charge in [-0.2, -0.15) is 4.98 Å². The standard InChI is InChI=1S/C18H26N6O4/c1-11(2)6-8-23-14-15(20-17(23)22-7-4-5-12(19)9-22)21(3)18(28)24(16(14)27)10-13(25)26/h6,12H,4-5,7-10,19H2,1-3H3,(H,25,26). The summed E-state index contributed by atoms with van der Waals surface area (Å²) in [6.45, 7) is 4.96. The van der Waals surface area contributed by atoms with Crippen molar-refractivity contribution in [1.29, 1.82) is 0 Å². The summed E-state index contributed by atoms with van der Waals surface area (Å²) in [6.07, 6.45) is 3.80. The van der Waals surface area contributed by atoms with Gasteiger partial charge in [0.25, 0.3) is 5.56 Å². The molecule has 0 aliphatic carbocycles. The van der Waals surface area contributed by atoms with E-state index in [4.69, 9.17) is 10.8 Å². The summed E-state index contributed by atoms with van der Waals surface area (Å²) in [6, 6.07) is 0.0120. The van der Waals surface area contributed by atoms with Gasteiger partial charge in [-0.1, -0.05) is 11.6 Å². The number of rotatable bonds is 5. The number of carboxylic acid groups (broad SMARTS) is 1. The van der Waals surface area contributed by atoms with Crippen molar-refractivity contribution in [2.24, 2.45) is 12.8 Å². The van der Waals surface area contributed by atoms with Gasteiger partial charge in [0.1, 0.15) is 6.54 Å². The molecule has 28 heavy (non-hydrogen) atoms. The van der Waals surface area contributed by atoms with Crippen molar-refractivity contribution < 1.29 is 9.90 Å². The van der Waals surface area contributed by atoms with Gasteiger partial charge >= 0.3 is 11.7 Å². The molecule has 3 N–H and O–H groups in total. The lowest BCUT2D eigenvalue weighted by molar-refractivity contribution is -0.137. The maximum Gasteiger partial charge on any atom is 0.333 e. The minimum atomic E-state index is -1.25. The molecule has 1 unspecified atom stereocenters. The zero-order valence-electron chi connectivity index (χ0n) is 16.4. The predicted octanol–water partition coefficient (Wildman–Crippen LogP) is -0.125. The highest BCUT2D eigenvalue weighted by Crippen LogP contribution is 2.23. The summed E-state index contributed by atoms with van der Waals surface area (Å²) < 4.78 is 3.71. The fourth-order valence-electron chi connectivity index (χ4n) is 3.51. The Bertz CT molecular complexity index is 1060. The van der Waals surface area contributed by atoms with Crippen LogP contribution in [0, 0.1) is 0 Å². The Kier molecular flexibility index (Phi) is 5.41. The molecular weight excluding hydrogens is 364 g/mol. The highest BCUT2D eigenvalue weighted by atomic mass is 16.4. The van der Waals surface area contributed by atoms with E-state index in [0.29, 0.717) is 19.0 Å². The number of carboxylic acids is 1. The number of allylic oxidation sites excluding steroid dienone is 2. The van der Waals surface area contributed by atoms with Gasteiger partial charge in [-0.25, -0.2) is 9.36 Å². The number of fused-ring (bicyclic) bond motifs is 1. The topological polar surface area (TPSA) is 128 Å². The highest BCUT2D eigenvalue weighted by molar-refractivity contribution is 5.75. The smallest absolute Gasteiger partial charge is 0.333 e. The molecular formula is C18H26N6O4. The Morgan fingerprint density at radius 2 is 2.04 bits per heavy atom. The number of imidazole rings is 1. The van der Waals surface area contributed by atoms with Crippen LogP contribution in [0.25, 0.3) is 11.2 Å². The molecule has 1 saturated heterocycles. The number of hydrogen-bond acceptors (Lipinski definition) is 6. The predicted molar refractivity (Wildman–Crippen MR) is 106 cm³/mol. The molecule has 0 saturated carbocycles. The van der Waals surface area contributed by atoms with Crippen LogP contribution in [0.2, 0.25) is 0 Å². The Labute approximate surface area is 161 Å². The largest absolute Gasteiger partial charge is 0.480 e. The van der Waals surface area contributed by atoms with Crippen LogP contribution >= 0.6 is 0 Å². The lowest BCUT2D eigenvalue weighted by Crippen LogP contribution is -2.44. The summed E-state index contributed by atoms with van der Waals surface area (Å²) in [7, 11) is 1.49. The minimum Gasteiger partial charge on any atom is -0.480 e. The molecule has 2 aromatic rings. The van der Waals surface area contributed by atoms with Crippen LogP contribution in [-0.4, -0.2) is 48.9 Å². The molecule has 1 atom stereocenters.